The third-order valence-electron chi connectivity index (χ3n) is 6.63. The lowest BCUT2D eigenvalue weighted by Crippen LogP contribution is -2.68. The Bertz CT molecular complexity index is 1010. The van der Waals surface area contributed by atoms with E-state index in [1.165, 1.54) is 16.8 Å². The van der Waals surface area contributed by atoms with Crippen LogP contribution in [0.25, 0.3) is 6.08 Å². The Morgan fingerprint density at radius 3 is 2.57 bits per heavy atom. The fourth-order valence-electron chi connectivity index (χ4n) is 4.79. The molecule has 1 atom stereocenters. The van der Waals surface area contributed by atoms with Crippen molar-refractivity contribution in [3.05, 3.63) is 59.2 Å². The Kier molecular flexibility index (Phi) is 5.00. The number of carbonyl (C=O) groups excluding carboxylic acids is 1. The van der Waals surface area contributed by atoms with Crippen LogP contribution in [0.3, 0.4) is 0 Å². The number of nitrogens with zero attached hydrogens (tertiary/aromatic N) is 1. The summed E-state index contributed by atoms with van der Waals surface area (Å²) in [7, 11) is 3.26. The number of carbonyl (C=O) groups is 1. The van der Waals surface area contributed by atoms with Crippen molar-refractivity contribution >= 4 is 17.7 Å². The number of hydrogen-bond donors (Lipinski definition) is 1. The third-order valence-corrected chi connectivity index (χ3v) is 6.63. The lowest BCUT2D eigenvalue weighted by molar-refractivity contribution is -0.124. The molecular formula is C25H30N2O3. The van der Waals surface area contributed by atoms with Gasteiger partial charge in [-0.25, -0.2) is 0 Å². The van der Waals surface area contributed by atoms with Gasteiger partial charge in [0.2, 0.25) is 5.91 Å². The van der Waals surface area contributed by atoms with Crippen LogP contribution in [0.2, 0.25) is 0 Å². The van der Waals surface area contributed by atoms with E-state index in [0.29, 0.717) is 24.5 Å². The first-order chi connectivity index (χ1) is 14.4. The summed E-state index contributed by atoms with van der Waals surface area (Å²) >= 11 is 0. The topological polar surface area (TPSA) is 50.8 Å². The van der Waals surface area contributed by atoms with Gasteiger partial charge in [-0.1, -0.05) is 45.0 Å². The average Bonchev–Trinajstić information content (AvgIpc) is 2.95. The van der Waals surface area contributed by atoms with Gasteiger partial charge in [0.25, 0.3) is 0 Å². The largest absolute Gasteiger partial charge is 0.493 e. The molecule has 2 aliphatic rings. The van der Waals surface area contributed by atoms with E-state index in [-0.39, 0.29) is 11.3 Å². The molecule has 0 unspecified atom stereocenters. The number of nitrogens with one attached hydrogen (secondary N) is 1. The van der Waals surface area contributed by atoms with Crippen LogP contribution >= 0.6 is 0 Å². The highest BCUT2D eigenvalue weighted by Crippen LogP contribution is 2.52. The molecule has 2 heterocycles. The van der Waals surface area contributed by atoms with Gasteiger partial charge in [0.05, 0.1) is 14.2 Å². The van der Waals surface area contributed by atoms with Crippen molar-refractivity contribution in [2.24, 2.45) is 0 Å². The normalized spacial score (nSPS) is 21.9. The summed E-state index contributed by atoms with van der Waals surface area (Å²) < 4.78 is 10.8. The molecule has 0 spiro atoms. The lowest BCUT2D eigenvalue weighted by Gasteiger charge is -2.49. The molecule has 30 heavy (non-hydrogen) atoms. The lowest BCUT2D eigenvalue weighted by atomic mass is 9.74. The van der Waals surface area contributed by atoms with Crippen LogP contribution in [0.5, 0.6) is 11.5 Å². The molecule has 4 rings (SSSR count). The fourth-order valence-corrected chi connectivity index (χ4v) is 4.79. The number of fused-ring (bicyclic) bond motifs is 3. The molecular weight excluding hydrogens is 376 g/mol. The third kappa shape index (κ3) is 2.95. The Morgan fingerprint density at radius 2 is 1.87 bits per heavy atom. The maximum Gasteiger partial charge on any atom is 0.223 e. The van der Waals surface area contributed by atoms with E-state index in [1.807, 2.05) is 18.2 Å². The van der Waals surface area contributed by atoms with E-state index >= 15 is 0 Å². The molecule has 1 fully saturated rings. The molecule has 0 saturated carbocycles. The quantitative estimate of drug-likeness (QED) is 0.805. The Balaban J connectivity index is 1.81. The predicted molar refractivity (Wildman–Crippen MR) is 120 cm³/mol. The molecule has 2 aromatic carbocycles. The molecule has 1 saturated heterocycles. The zero-order valence-corrected chi connectivity index (χ0v) is 18.4. The van der Waals surface area contributed by atoms with Crippen molar-refractivity contribution in [2.45, 2.75) is 44.7 Å². The van der Waals surface area contributed by atoms with Gasteiger partial charge < -0.3 is 19.7 Å². The van der Waals surface area contributed by atoms with Crippen LogP contribution in [0.1, 0.15) is 43.9 Å². The van der Waals surface area contributed by atoms with E-state index in [2.05, 4.69) is 61.3 Å². The van der Waals surface area contributed by atoms with E-state index < -0.39 is 5.66 Å². The van der Waals surface area contributed by atoms with E-state index in [4.69, 9.17) is 9.47 Å². The van der Waals surface area contributed by atoms with Crippen LogP contribution in [-0.2, 0) is 16.6 Å². The van der Waals surface area contributed by atoms with E-state index in [9.17, 15) is 4.79 Å². The number of rotatable bonds is 5. The molecule has 2 aromatic rings. The summed E-state index contributed by atoms with van der Waals surface area (Å²) in [6, 6.07) is 12.5. The highest BCUT2D eigenvalue weighted by atomic mass is 16.5. The molecule has 0 aromatic heterocycles. The van der Waals surface area contributed by atoms with Crippen LogP contribution in [0, 0.1) is 0 Å². The minimum atomic E-state index is -0.621. The second-order valence-electron chi connectivity index (χ2n) is 8.49. The monoisotopic (exact) mass is 406 g/mol. The standard InChI is InChI=1S/C25H30N2O3/c1-6-17-7-9-20-19(15-17)24(2,3)25(26-23(28)12-14-27(20)25)13-11-18-8-10-21(29-4)22(16-18)30-5/h7-11,13,15-16H,6,12,14H2,1-5H3,(H,26,28)/b13-11+/t25-/m0/s1. The van der Waals surface area contributed by atoms with Crippen LogP contribution in [0.15, 0.2) is 42.5 Å². The molecule has 0 aliphatic carbocycles. The molecule has 1 amide bonds. The average molecular weight is 407 g/mol. The minimum absolute atomic E-state index is 0.0832. The number of anilines is 1. The summed E-state index contributed by atoms with van der Waals surface area (Å²) in [5.74, 6) is 1.46. The van der Waals surface area contributed by atoms with Gasteiger partial charge in [0.15, 0.2) is 11.5 Å². The second kappa shape index (κ2) is 7.38. The van der Waals surface area contributed by atoms with Crippen molar-refractivity contribution in [2.75, 3.05) is 25.7 Å². The first-order valence-corrected chi connectivity index (χ1v) is 10.5. The van der Waals surface area contributed by atoms with Crippen LogP contribution in [-0.4, -0.2) is 32.3 Å². The van der Waals surface area contributed by atoms with E-state index in [0.717, 1.165) is 12.0 Å². The van der Waals surface area contributed by atoms with Gasteiger partial charge in [0, 0.05) is 24.1 Å². The summed E-state index contributed by atoms with van der Waals surface area (Å²) in [5, 5.41) is 3.33. The fraction of sp³-hybridized carbons (Fsp3) is 0.400. The number of methoxy groups -OCH3 is 2. The van der Waals surface area contributed by atoms with Gasteiger partial charge in [-0.3, -0.25) is 4.79 Å². The number of hydrogen-bond acceptors (Lipinski definition) is 4. The second-order valence-corrected chi connectivity index (χ2v) is 8.49. The van der Waals surface area contributed by atoms with Crippen LogP contribution in [0.4, 0.5) is 5.69 Å². The maximum absolute atomic E-state index is 12.6. The Hall–Kier alpha value is -2.95. The highest BCUT2D eigenvalue weighted by Gasteiger charge is 2.57. The van der Waals surface area contributed by atoms with Crippen molar-refractivity contribution in [3.8, 4) is 11.5 Å². The number of ether oxygens (including phenoxy) is 2. The summed E-state index contributed by atoms with van der Waals surface area (Å²) in [4.78, 5) is 14.9. The highest BCUT2D eigenvalue weighted by molar-refractivity contribution is 5.84. The van der Waals surface area contributed by atoms with Gasteiger partial charge in [0.1, 0.15) is 5.66 Å². The smallest absolute Gasteiger partial charge is 0.223 e. The van der Waals surface area contributed by atoms with Gasteiger partial charge in [-0.15, -0.1) is 0 Å². The van der Waals surface area contributed by atoms with E-state index in [1.54, 1.807) is 14.2 Å². The minimum Gasteiger partial charge on any atom is -0.493 e. The maximum atomic E-state index is 12.6. The molecule has 1 N–H and O–H groups in total. The van der Waals surface area contributed by atoms with Crippen molar-refractivity contribution in [1.82, 2.24) is 5.32 Å². The molecule has 158 valence electrons. The predicted octanol–water partition coefficient (Wildman–Crippen LogP) is 4.29. The Morgan fingerprint density at radius 1 is 1.10 bits per heavy atom. The molecule has 0 bridgehead atoms. The van der Waals surface area contributed by atoms with Gasteiger partial charge >= 0.3 is 0 Å². The molecule has 2 aliphatic heterocycles. The van der Waals surface area contributed by atoms with Gasteiger partial charge in [-0.05, 0) is 47.4 Å². The summed E-state index contributed by atoms with van der Waals surface area (Å²) in [6.45, 7) is 7.31. The SMILES string of the molecule is CCc1ccc2c(c1)C(C)(C)[C@@]1(/C=C/c3ccc(OC)c(OC)c3)NC(=O)CCN21. The van der Waals surface area contributed by atoms with Crippen LogP contribution < -0.4 is 19.7 Å². The zero-order chi connectivity index (χ0) is 21.5. The number of benzene rings is 2. The number of aryl methyl sites for hydroxylation is 1. The summed E-state index contributed by atoms with van der Waals surface area (Å²) in [5.41, 5.74) is 3.87. The van der Waals surface area contributed by atoms with Crippen molar-refractivity contribution in [1.29, 1.82) is 0 Å². The molecule has 0 radical (unpaired) electrons. The van der Waals surface area contributed by atoms with Gasteiger partial charge in [-0.2, -0.15) is 0 Å². The summed E-state index contributed by atoms with van der Waals surface area (Å²) in [6.07, 6.45) is 5.69. The number of amides is 1. The molecule has 5 heteroatoms. The van der Waals surface area contributed by atoms with Crippen molar-refractivity contribution in [3.63, 3.8) is 0 Å². The first kappa shape index (κ1) is 20.3. The Labute approximate surface area is 178 Å². The zero-order valence-electron chi connectivity index (χ0n) is 18.4. The first-order valence-electron chi connectivity index (χ1n) is 10.5. The van der Waals surface area contributed by atoms with Crippen molar-refractivity contribution < 1.29 is 14.3 Å². The molecule has 5 nitrogen and oxygen atoms in total.